The summed E-state index contributed by atoms with van der Waals surface area (Å²) in [6.45, 7) is 6.93. The second-order valence-electron chi connectivity index (χ2n) is 6.98. The van der Waals surface area contributed by atoms with Gasteiger partial charge in [0.25, 0.3) is 0 Å². The van der Waals surface area contributed by atoms with E-state index < -0.39 is 0 Å². The Balaban J connectivity index is 1.90. The van der Waals surface area contributed by atoms with Gasteiger partial charge in [0.05, 0.1) is 0 Å². The molecule has 0 bridgehead atoms. The second kappa shape index (κ2) is 5.09. The number of aryl methyl sites for hydroxylation is 1. The van der Waals surface area contributed by atoms with Crippen molar-refractivity contribution in [1.82, 2.24) is 0 Å². The van der Waals surface area contributed by atoms with E-state index in [0.29, 0.717) is 0 Å². The zero-order valence-corrected chi connectivity index (χ0v) is 14.1. The van der Waals surface area contributed by atoms with Crippen LogP contribution in [-0.4, -0.2) is 0 Å². The fraction of sp³-hybridized carbons (Fsp3) is 0.217. The van der Waals surface area contributed by atoms with Crippen LogP contribution in [0.25, 0.3) is 22.3 Å². The van der Waals surface area contributed by atoms with E-state index in [-0.39, 0.29) is 5.41 Å². The Kier molecular flexibility index (Phi) is 3.16. The molecule has 1 aliphatic rings. The van der Waals surface area contributed by atoms with Crippen molar-refractivity contribution in [2.45, 2.75) is 32.6 Å². The standard InChI is InChI=1S/C23H22/c1-4-16-10-12-19-20-13-11-18(17-8-6-5-7-9-17)15-22(20)23(2,3)21(19)14-16/h5-15H,4H2,1-3H3. The predicted octanol–water partition coefficient (Wildman–Crippen LogP) is 6.22. The molecule has 3 aromatic rings. The van der Waals surface area contributed by atoms with Crippen LogP contribution in [0.15, 0.2) is 66.7 Å². The molecular formula is C23H22. The fourth-order valence-electron chi connectivity index (χ4n) is 3.81. The van der Waals surface area contributed by atoms with Crippen molar-refractivity contribution in [1.29, 1.82) is 0 Å². The Morgan fingerprint density at radius 1 is 0.696 bits per heavy atom. The molecule has 0 fully saturated rings. The molecular weight excluding hydrogens is 276 g/mol. The zero-order valence-electron chi connectivity index (χ0n) is 14.1. The summed E-state index contributed by atoms with van der Waals surface area (Å²) in [6.07, 6.45) is 1.09. The number of hydrogen-bond donors (Lipinski definition) is 0. The number of rotatable bonds is 2. The molecule has 114 valence electrons. The van der Waals surface area contributed by atoms with Crippen molar-refractivity contribution < 1.29 is 0 Å². The highest BCUT2D eigenvalue weighted by Crippen LogP contribution is 2.49. The van der Waals surface area contributed by atoms with Crippen LogP contribution >= 0.6 is 0 Å². The van der Waals surface area contributed by atoms with Crippen molar-refractivity contribution >= 4 is 0 Å². The van der Waals surface area contributed by atoms with Gasteiger partial charge in [-0.25, -0.2) is 0 Å². The summed E-state index contributed by atoms with van der Waals surface area (Å²) in [5.41, 5.74) is 9.80. The van der Waals surface area contributed by atoms with Gasteiger partial charge in [0.15, 0.2) is 0 Å². The Morgan fingerprint density at radius 3 is 2.04 bits per heavy atom. The van der Waals surface area contributed by atoms with Gasteiger partial charge >= 0.3 is 0 Å². The molecule has 0 heterocycles. The Hall–Kier alpha value is -2.34. The maximum atomic E-state index is 2.40. The molecule has 3 aromatic carbocycles. The van der Waals surface area contributed by atoms with E-state index in [1.165, 1.54) is 38.9 Å². The molecule has 4 rings (SSSR count). The normalized spacial score (nSPS) is 14.4. The van der Waals surface area contributed by atoms with Crippen LogP contribution in [0.1, 0.15) is 37.5 Å². The van der Waals surface area contributed by atoms with Crippen molar-refractivity contribution in [2.75, 3.05) is 0 Å². The molecule has 0 saturated carbocycles. The van der Waals surface area contributed by atoms with Crippen LogP contribution in [0.2, 0.25) is 0 Å². The third-order valence-electron chi connectivity index (χ3n) is 5.26. The van der Waals surface area contributed by atoms with E-state index in [0.717, 1.165) is 6.42 Å². The molecule has 0 N–H and O–H groups in total. The van der Waals surface area contributed by atoms with Crippen LogP contribution in [-0.2, 0) is 11.8 Å². The minimum absolute atomic E-state index is 0.0701. The first kappa shape index (κ1) is 14.3. The van der Waals surface area contributed by atoms with E-state index in [1.807, 2.05) is 0 Å². The number of hydrogen-bond acceptors (Lipinski definition) is 0. The molecule has 0 nitrogen and oxygen atoms in total. The maximum Gasteiger partial charge on any atom is 0.0159 e. The van der Waals surface area contributed by atoms with Crippen molar-refractivity contribution in [2.24, 2.45) is 0 Å². The zero-order chi connectivity index (χ0) is 16.0. The van der Waals surface area contributed by atoms with Gasteiger partial charge in [-0.15, -0.1) is 0 Å². The SMILES string of the molecule is CCc1ccc2c(c1)C(C)(C)c1cc(-c3ccccc3)ccc1-2. The Labute approximate surface area is 138 Å². The molecule has 1 aliphatic carbocycles. The minimum atomic E-state index is 0.0701. The van der Waals surface area contributed by atoms with E-state index >= 15 is 0 Å². The second-order valence-corrected chi connectivity index (χ2v) is 6.98. The van der Waals surface area contributed by atoms with Crippen LogP contribution in [0.5, 0.6) is 0 Å². The van der Waals surface area contributed by atoms with E-state index in [1.54, 1.807) is 0 Å². The molecule has 0 atom stereocenters. The predicted molar refractivity (Wildman–Crippen MR) is 98.8 cm³/mol. The fourth-order valence-corrected chi connectivity index (χ4v) is 3.81. The third-order valence-corrected chi connectivity index (χ3v) is 5.26. The number of benzene rings is 3. The van der Waals surface area contributed by atoms with Gasteiger partial charge in [-0.2, -0.15) is 0 Å². The van der Waals surface area contributed by atoms with Crippen molar-refractivity contribution in [3.63, 3.8) is 0 Å². The lowest BCUT2D eigenvalue weighted by Crippen LogP contribution is -2.15. The van der Waals surface area contributed by atoms with Crippen LogP contribution < -0.4 is 0 Å². The molecule has 0 radical (unpaired) electrons. The maximum absolute atomic E-state index is 2.40. The molecule has 0 aromatic heterocycles. The highest BCUT2D eigenvalue weighted by Gasteiger charge is 2.35. The smallest absolute Gasteiger partial charge is 0.0159 e. The average molecular weight is 298 g/mol. The van der Waals surface area contributed by atoms with Crippen LogP contribution in [0.3, 0.4) is 0 Å². The lowest BCUT2D eigenvalue weighted by Gasteiger charge is -2.22. The largest absolute Gasteiger partial charge is 0.0622 e. The van der Waals surface area contributed by atoms with Gasteiger partial charge in [0.1, 0.15) is 0 Å². The average Bonchev–Trinajstić information content (AvgIpc) is 2.83. The summed E-state index contributed by atoms with van der Waals surface area (Å²) in [7, 11) is 0. The van der Waals surface area contributed by atoms with Crippen LogP contribution in [0, 0.1) is 0 Å². The highest BCUT2D eigenvalue weighted by molar-refractivity contribution is 5.83. The van der Waals surface area contributed by atoms with Gasteiger partial charge in [0.2, 0.25) is 0 Å². The van der Waals surface area contributed by atoms with Gasteiger partial charge in [-0.1, -0.05) is 81.4 Å². The molecule has 0 amide bonds. The first-order valence-corrected chi connectivity index (χ1v) is 8.45. The van der Waals surface area contributed by atoms with E-state index in [9.17, 15) is 0 Å². The summed E-state index contributed by atoms with van der Waals surface area (Å²) in [5.74, 6) is 0. The first-order chi connectivity index (χ1) is 11.1. The molecule has 0 spiro atoms. The highest BCUT2D eigenvalue weighted by atomic mass is 14.4. The van der Waals surface area contributed by atoms with Crippen LogP contribution in [0.4, 0.5) is 0 Å². The topological polar surface area (TPSA) is 0 Å². The summed E-state index contributed by atoms with van der Waals surface area (Å²) < 4.78 is 0. The van der Waals surface area contributed by atoms with E-state index in [2.05, 4.69) is 87.5 Å². The third kappa shape index (κ3) is 2.13. The summed E-state index contributed by atoms with van der Waals surface area (Å²) in [5, 5.41) is 0. The first-order valence-electron chi connectivity index (χ1n) is 8.45. The summed E-state index contributed by atoms with van der Waals surface area (Å²) in [4.78, 5) is 0. The van der Waals surface area contributed by atoms with Crippen molar-refractivity contribution in [3.8, 4) is 22.3 Å². The molecule has 0 saturated heterocycles. The van der Waals surface area contributed by atoms with E-state index in [4.69, 9.17) is 0 Å². The summed E-state index contributed by atoms with van der Waals surface area (Å²) >= 11 is 0. The van der Waals surface area contributed by atoms with Gasteiger partial charge in [-0.3, -0.25) is 0 Å². The number of fused-ring (bicyclic) bond motifs is 3. The van der Waals surface area contributed by atoms with Gasteiger partial charge in [-0.05, 0) is 51.4 Å². The Bertz CT molecular complexity index is 870. The lowest BCUT2D eigenvalue weighted by atomic mass is 9.81. The van der Waals surface area contributed by atoms with Crippen molar-refractivity contribution in [3.05, 3.63) is 83.4 Å². The molecule has 23 heavy (non-hydrogen) atoms. The monoisotopic (exact) mass is 298 g/mol. The molecule has 0 heteroatoms. The van der Waals surface area contributed by atoms with Gasteiger partial charge < -0.3 is 0 Å². The Morgan fingerprint density at radius 2 is 1.35 bits per heavy atom. The molecule has 0 aliphatic heterocycles. The summed E-state index contributed by atoms with van der Waals surface area (Å²) in [6, 6.07) is 24.6. The lowest BCUT2D eigenvalue weighted by molar-refractivity contribution is 0.659. The minimum Gasteiger partial charge on any atom is -0.0622 e. The molecule has 0 unspecified atom stereocenters. The quantitative estimate of drug-likeness (QED) is 0.526. The van der Waals surface area contributed by atoms with Gasteiger partial charge in [0, 0.05) is 5.41 Å².